The van der Waals surface area contributed by atoms with Gasteiger partial charge in [-0.05, 0) is 35.4 Å². The molecule has 0 aliphatic carbocycles. The highest BCUT2D eigenvalue weighted by Gasteiger charge is 2.25. The normalized spacial score (nSPS) is 12.7. The van der Waals surface area contributed by atoms with Gasteiger partial charge in [-0.2, -0.15) is 0 Å². The second kappa shape index (κ2) is 9.01. The van der Waals surface area contributed by atoms with Crippen LogP contribution < -0.4 is 10.6 Å². The van der Waals surface area contributed by atoms with E-state index < -0.39 is 29.9 Å². The highest BCUT2D eigenvalue weighted by Crippen LogP contribution is 2.17. The Balaban J connectivity index is 1.83. The first-order chi connectivity index (χ1) is 13.9. The lowest BCUT2D eigenvalue weighted by atomic mass is 10.0. The predicted molar refractivity (Wildman–Crippen MR) is 111 cm³/mol. The minimum absolute atomic E-state index is 0.238. The summed E-state index contributed by atoms with van der Waals surface area (Å²) in [5.41, 5.74) is 1.29. The Bertz CT molecular complexity index is 1030. The van der Waals surface area contributed by atoms with Crippen LogP contribution in [0.4, 0.5) is 0 Å². The first-order valence-corrected chi connectivity index (χ1v) is 9.31. The third-order valence-electron chi connectivity index (χ3n) is 4.64. The summed E-state index contributed by atoms with van der Waals surface area (Å²) in [5, 5.41) is 16.3. The van der Waals surface area contributed by atoms with E-state index in [1.54, 1.807) is 30.3 Å². The summed E-state index contributed by atoms with van der Waals surface area (Å²) in [4.78, 5) is 36.4. The van der Waals surface area contributed by atoms with Gasteiger partial charge in [0, 0.05) is 12.0 Å². The molecule has 2 atom stereocenters. The zero-order valence-corrected chi connectivity index (χ0v) is 16.0. The second-order valence-electron chi connectivity index (χ2n) is 6.85. The van der Waals surface area contributed by atoms with Crippen molar-refractivity contribution in [2.45, 2.75) is 25.4 Å². The van der Waals surface area contributed by atoms with E-state index in [-0.39, 0.29) is 6.42 Å². The number of benzene rings is 3. The lowest BCUT2D eigenvalue weighted by Gasteiger charge is -2.20. The summed E-state index contributed by atoms with van der Waals surface area (Å²) in [6, 6.07) is 20.3. The summed E-state index contributed by atoms with van der Waals surface area (Å²) >= 11 is 0. The Hall–Kier alpha value is -3.67. The van der Waals surface area contributed by atoms with Gasteiger partial charge in [0.05, 0.1) is 0 Å². The fraction of sp³-hybridized carbons (Fsp3) is 0.174. The molecule has 0 radical (unpaired) electrons. The molecule has 3 aromatic carbocycles. The van der Waals surface area contributed by atoms with Gasteiger partial charge in [0.2, 0.25) is 5.91 Å². The molecule has 0 aliphatic heterocycles. The van der Waals surface area contributed by atoms with E-state index in [4.69, 9.17) is 5.11 Å². The highest BCUT2D eigenvalue weighted by atomic mass is 16.4. The number of hydrogen-bond acceptors (Lipinski definition) is 3. The van der Waals surface area contributed by atoms with E-state index in [1.807, 2.05) is 42.5 Å². The quantitative estimate of drug-likeness (QED) is 0.578. The van der Waals surface area contributed by atoms with Crippen molar-refractivity contribution in [2.24, 2.45) is 0 Å². The Labute approximate surface area is 168 Å². The Kier molecular flexibility index (Phi) is 6.24. The molecule has 0 aromatic heterocycles. The molecule has 3 rings (SSSR count). The number of carboxylic acid groups (broad SMARTS) is 1. The fourth-order valence-corrected chi connectivity index (χ4v) is 3.02. The molecular weight excluding hydrogens is 368 g/mol. The molecule has 0 aliphatic rings. The number of hydrogen-bond donors (Lipinski definition) is 3. The van der Waals surface area contributed by atoms with Crippen LogP contribution in [0, 0.1) is 0 Å². The van der Waals surface area contributed by atoms with Crippen molar-refractivity contribution < 1.29 is 19.5 Å². The lowest BCUT2D eigenvalue weighted by Crippen LogP contribution is -2.51. The summed E-state index contributed by atoms with van der Waals surface area (Å²) in [7, 11) is 0. The number of amides is 2. The molecule has 0 bridgehead atoms. The predicted octanol–water partition coefficient (Wildman–Crippen LogP) is 2.77. The minimum Gasteiger partial charge on any atom is -0.480 e. The van der Waals surface area contributed by atoms with Crippen LogP contribution in [-0.2, 0) is 16.0 Å². The maximum atomic E-state index is 12.7. The summed E-state index contributed by atoms with van der Waals surface area (Å²) < 4.78 is 0. The Morgan fingerprint density at radius 1 is 0.862 bits per heavy atom. The highest BCUT2D eigenvalue weighted by molar-refractivity contribution is 5.98. The van der Waals surface area contributed by atoms with Crippen LogP contribution in [0.1, 0.15) is 22.8 Å². The van der Waals surface area contributed by atoms with Gasteiger partial charge in [-0.15, -0.1) is 0 Å². The number of carboxylic acids is 1. The average Bonchev–Trinajstić information content (AvgIpc) is 2.73. The van der Waals surface area contributed by atoms with E-state index in [0.717, 1.165) is 16.3 Å². The molecular formula is C23H22N2O4. The molecule has 0 heterocycles. The molecule has 0 saturated heterocycles. The van der Waals surface area contributed by atoms with Crippen LogP contribution in [0.5, 0.6) is 0 Å². The van der Waals surface area contributed by atoms with Crippen molar-refractivity contribution in [3.63, 3.8) is 0 Å². The van der Waals surface area contributed by atoms with Crippen molar-refractivity contribution in [2.75, 3.05) is 0 Å². The Morgan fingerprint density at radius 2 is 1.52 bits per heavy atom. The second-order valence-corrected chi connectivity index (χ2v) is 6.85. The number of aliphatic carboxylic acids is 1. The van der Waals surface area contributed by atoms with E-state index in [0.29, 0.717) is 5.56 Å². The minimum atomic E-state index is -1.14. The number of carbonyl (C=O) groups is 3. The molecule has 0 fully saturated rings. The topological polar surface area (TPSA) is 95.5 Å². The van der Waals surface area contributed by atoms with Gasteiger partial charge >= 0.3 is 5.97 Å². The first-order valence-electron chi connectivity index (χ1n) is 9.31. The van der Waals surface area contributed by atoms with Crippen LogP contribution in [-0.4, -0.2) is 35.0 Å². The molecule has 0 saturated carbocycles. The third kappa shape index (κ3) is 5.19. The third-order valence-corrected chi connectivity index (χ3v) is 4.64. The molecule has 3 N–H and O–H groups in total. The van der Waals surface area contributed by atoms with Crippen molar-refractivity contribution in [1.29, 1.82) is 0 Å². The van der Waals surface area contributed by atoms with Crippen molar-refractivity contribution >= 4 is 28.6 Å². The standard InChI is InChI=1S/C23H22N2O4/c1-15(23(28)29)24-22(27)20(25-21(26)18-8-3-2-4-9-18)14-16-11-12-17-7-5-6-10-19(17)13-16/h2-13,15,20H,14H2,1H3,(H,24,27)(H,25,26)(H,28,29)/t15-,20+/m0/s1. The molecule has 148 valence electrons. The van der Waals surface area contributed by atoms with E-state index in [9.17, 15) is 14.4 Å². The maximum Gasteiger partial charge on any atom is 0.325 e. The van der Waals surface area contributed by atoms with Gasteiger partial charge < -0.3 is 15.7 Å². The largest absolute Gasteiger partial charge is 0.480 e. The molecule has 6 heteroatoms. The van der Waals surface area contributed by atoms with Crippen molar-refractivity contribution in [3.8, 4) is 0 Å². The summed E-state index contributed by atoms with van der Waals surface area (Å²) in [6.45, 7) is 1.38. The molecule has 2 amide bonds. The number of fused-ring (bicyclic) bond motifs is 1. The maximum absolute atomic E-state index is 12.7. The van der Waals surface area contributed by atoms with Gasteiger partial charge in [0.15, 0.2) is 0 Å². The van der Waals surface area contributed by atoms with Gasteiger partial charge in [-0.1, -0.05) is 60.7 Å². The van der Waals surface area contributed by atoms with Crippen LogP contribution in [0.15, 0.2) is 72.8 Å². The molecule has 3 aromatic rings. The van der Waals surface area contributed by atoms with Gasteiger partial charge in [0.1, 0.15) is 12.1 Å². The van der Waals surface area contributed by atoms with Gasteiger partial charge in [-0.3, -0.25) is 14.4 Å². The van der Waals surface area contributed by atoms with Crippen molar-refractivity contribution in [1.82, 2.24) is 10.6 Å². The van der Waals surface area contributed by atoms with Crippen LogP contribution in [0.25, 0.3) is 10.8 Å². The van der Waals surface area contributed by atoms with Gasteiger partial charge in [0.25, 0.3) is 5.91 Å². The monoisotopic (exact) mass is 390 g/mol. The van der Waals surface area contributed by atoms with Crippen molar-refractivity contribution in [3.05, 3.63) is 83.9 Å². The summed E-state index contributed by atoms with van der Waals surface area (Å²) in [5.74, 6) is -2.08. The SMILES string of the molecule is C[C@H](NC(=O)[C@@H](Cc1ccc2ccccc2c1)NC(=O)c1ccccc1)C(=O)O. The first kappa shape index (κ1) is 20.1. The smallest absolute Gasteiger partial charge is 0.325 e. The van der Waals surface area contributed by atoms with E-state index >= 15 is 0 Å². The van der Waals surface area contributed by atoms with E-state index in [2.05, 4.69) is 10.6 Å². The number of nitrogens with one attached hydrogen (secondary N) is 2. The average molecular weight is 390 g/mol. The molecule has 0 spiro atoms. The van der Waals surface area contributed by atoms with E-state index in [1.165, 1.54) is 6.92 Å². The Morgan fingerprint density at radius 3 is 2.21 bits per heavy atom. The molecule has 0 unspecified atom stereocenters. The summed E-state index contributed by atoms with van der Waals surface area (Å²) in [6.07, 6.45) is 0.238. The zero-order valence-electron chi connectivity index (χ0n) is 16.0. The lowest BCUT2D eigenvalue weighted by molar-refractivity contribution is -0.141. The number of rotatable bonds is 7. The molecule has 29 heavy (non-hydrogen) atoms. The van der Waals surface area contributed by atoms with Crippen LogP contribution >= 0.6 is 0 Å². The van der Waals surface area contributed by atoms with Gasteiger partial charge in [-0.25, -0.2) is 0 Å². The van der Waals surface area contributed by atoms with Crippen LogP contribution in [0.3, 0.4) is 0 Å². The fourth-order valence-electron chi connectivity index (χ4n) is 3.02. The zero-order chi connectivity index (χ0) is 20.8. The number of carbonyl (C=O) groups excluding carboxylic acids is 2. The van der Waals surface area contributed by atoms with Crippen LogP contribution in [0.2, 0.25) is 0 Å². The molecule has 6 nitrogen and oxygen atoms in total.